The van der Waals surface area contributed by atoms with Crippen molar-refractivity contribution in [2.24, 2.45) is 0 Å². The molecule has 2 N–H and O–H groups in total. The average Bonchev–Trinajstić information content (AvgIpc) is 2.56. The van der Waals surface area contributed by atoms with Gasteiger partial charge in [0.1, 0.15) is 5.82 Å². The number of amides is 1. The van der Waals surface area contributed by atoms with Gasteiger partial charge in [-0.3, -0.25) is 4.79 Å². The van der Waals surface area contributed by atoms with Crippen molar-refractivity contribution in [3.63, 3.8) is 0 Å². The molecule has 0 bridgehead atoms. The lowest BCUT2D eigenvalue weighted by molar-refractivity contribution is -0.120. The number of benzene rings is 2. The highest BCUT2D eigenvalue weighted by Crippen LogP contribution is 2.29. The van der Waals surface area contributed by atoms with E-state index in [-0.39, 0.29) is 17.1 Å². The van der Waals surface area contributed by atoms with E-state index in [1.165, 1.54) is 17.7 Å². The fourth-order valence-electron chi connectivity index (χ4n) is 2.69. The summed E-state index contributed by atoms with van der Waals surface area (Å²) < 4.78 is 12.8. The molecule has 0 aliphatic heterocycles. The van der Waals surface area contributed by atoms with E-state index in [2.05, 4.69) is 37.5 Å². The molecule has 0 saturated heterocycles. The minimum Gasteiger partial charge on any atom is -0.384 e. The molecule has 0 saturated carbocycles. The lowest BCUT2D eigenvalue weighted by atomic mass is 9.86. The number of rotatable bonds is 7. The zero-order valence-corrected chi connectivity index (χ0v) is 15.2. The van der Waals surface area contributed by atoms with Crippen LogP contribution in [-0.4, -0.2) is 19.0 Å². The van der Waals surface area contributed by atoms with Crippen LogP contribution >= 0.6 is 0 Å². The first-order valence-electron chi connectivity index (χ1n) is 8.71. The summed E-state index contributed by atoms with van der Waals surface area (Å²) in [5.41, 5.74) is 3.39. The summed E-state index contributed by atoms with van der Waals surface area (Å²) in [6.45, 7) is 7.68. The Kier molecular flexibility index (Phi) is 6.57. The van der Waals surface area contributed by atoms with Crippen molar-refractivity contribution < 1.29 is 9.18 Å². The molecule has 0 aliphatic carbocycles. The Morgan fingerprint density at radius 2 is 1.68 bits per heavy atom. The minimum atomic E-state index is -0.241. The SMILES string of the molecule is CC(C)(C)c1ccccc1NCCC(=O)NCCc1ccc(F)cc1. The van der Waals surface area contributed by atoms with Gasteiger partial charge in [-0.05, 0) is 41.2 Å². The smallest absolute Gasteiger partial charge is 0.221 e. The molecular formula is C21H27FN2O. The van der Waals surface area contributed by atoms with Crippen molar-refractivity contribution in [1.29, 1.82) is 0 Å². The van der Waals surface area contributed by atoms with E-state index >= 15 is 0 Å². The Morgan fingerprint density at radius 1 is 1.00 bits per heavy atom. The number of para-hydroxylation sites is 1. The molecule has 2 aromatic carbocycles. The van der Waals surface area contributed by atoms with Gasteiger partial charge in [0.05, 0.1) is 0 Å². The third kappa shape index (κ3) is 6.22. The molecule has 3 nitrogen and oxygen atoms in total. The first-order valence-corrected chi connectivity index (χ1v) is 8.71. The van der Waals surface area contributed by atoms with Crippen LogP contribution < -0.4 is 10.6 Å². The van der Waals surface area contributed by atoms with Gasteiger partial charge in [-0.25, -0.2) is 4.39 Å². The van der Waals surface area contributed by atoms with Crippen LogP contribution in [-0.2, 0) is 16.6 Å². The summed E-state index contributed by atoms with van der Waals surface area (Å²) >= 11 is 0. The van der Waals surface area contributed by atoms with Crippen molar-refractivity contribution in [2.75, 3.05) is 18.4 Å². The van der Waals surface area contributed by atoms with Crippen molar-refractivity contribution in [3.8, 4) is 0 Å². The maximum atomic E-state index is 12.8. The summed E-state index contributed by atoms with van der Waals surface area (Å²) in [6.07, 6.45) is 1.12. The molecule has 4 heteroatoms. The quantitative estimate of drug-likeness (QED) is 0.788. The topological polar surface area (TPSA) is 41.1 Å². The van der Waals surface area contributed by atoms with Crippen LogP contribution in [0, 0.1) is 5.82 Å². The standard InChI is InChI=1S/C21H27FN2O/c1-21(2,3)18-6-4-5-7-19(18)23-15-13-20(25)24-14-12-16-8-10-17(22)11-9-16/h4-11,23H,12-15H2,1-3H3,(H,24,25). The number of carbonyl (C=O) groups excluding carboxylic acids is 1. The van der Waals surface area contributed by atoms with Crippen LogP contribution in [0.15, 0.2) is 48.5 Å². The average molecular weight is 342 g/mol. The van der Waals surface area contributed by atoms with E-state index in [1.807, 2.05) is 18.2 Å². The highest BCUT2D eigenvalue weighted by Gasteiger charge is 2.17. The second-order valence-electron chi connectivity index (χ2n) is 7.20. The first-order chi connectivity index (χ1) is 11.9. The van der Waals surface area contributed by atoms with E-state index in [0.29, 0.717) is 25.9 Å². The Hall–Kier alpha value is -2.36. The lowest BCUT2D eigenvalue weighted by Gasteiger charge is -2.23. The molecule has 0 heterocycles. The van der Waals surface area contributed by atoms with Crippen molar-refractivity contribution in [1.82, 2.24) is 5.32 Å². The zero-order chi connectivity index (χ0) is 18.3. The molecular weight excluding hydrogens is 315 g/mol. The number of anilines is 1. The van der Waals surface area contributed by atoms with Crippen molar-refractivity contribution >= 4 is 11.6 Å². The second-order valence-corrected chi connectivity index (χ2v) is 7.20. The largest absolute Gasteiger partial charge is 0.384 e. The van der Waals surface area contributed by atoms with Gasteiger partial charge < -0.3 is 10.6 Å². The first kappa shape index (κ1) is 19.0. The predicted octanol–water partition coefficient (Wildman–Crippen LogP) is 4.28. The van der Waals surface area contributed by atoms with Gasteiger partial charge in [0.2, 0.25) is 5.91 Å². The molecule has 134 valence electrons. The van der Waals surface area contributed by atoms with Gasteiger partial charge in [-0.2, -0.15) is 0 Å². The summed E-state index contributed by atoms with van der Waals surface area (Å²) in [5.74, 6) is -0.225. The fourth-order valence-corrected chi connectivity index (χ4v) is 2.69. The van der Waals surface area contributed by atoms with Crippen molar-refractivity contribution in [3.05, 3.63) is 65.5 Å². The van der Waals surface area contributed by atoms with Crippen LogP contribution in [0.2, 0.25) is 0 Å². The maximum absolute atomic E-state index is 12.8. The van der Waals surface area contributed by atoms with Crippen LogP contribution in [0.5, 0.6) is 0 Å². The van der Waals surface area contributed by atoms with Gasteiger partial charge in [0.25, 0.3) is 0 Å². The third-order valence-electron chi connectivity index (χ3n) is 4.05. The Balaban J connectivity index is 1.73. The number of nitrogens with one attached hydrogen (secondary N) is 2. The molecule has 0 fully saturated rings. The fraction of sp³-hybridized carbons (Fsp3) is 0.381. The monoisotopic (exact) mass is 342 g/mol. The molecule has 2 aromatic rings. The molecule has 0 unspecified atom stereocenters. The molecule has 2 rings (SSSR count). The molecule has 0 aliphatic rings. The van der Waals surface area contributed by atoms with Crippen LogP contribution in [0.4, 0.5) is 10.1 Å². The molecule has 25 heavy (non-hydrogen) atoms. The van der Waals surface area contributed by atoms with Gasteiger partial charge in [0, 0.05) is 25.2 Å². The summed E-state index contributed by atoms with van der Waals surface area (Å²) in [5, 5.41) is 6.27. The minimum absolute atomic E-state index is 0.0165. The van der Waals surface area contributed by atoms with Crippen LogP contribution in [0.25, 0.3) is 0 Å². The Morgan fingerprint density at radius 3 is 2.36 bits per heavy atom. The van der Waals surface area contributed by atoms with Gasteiger partial charge in [-0.15, -0.1) is 0 Å². The number of hydrogen-bond acceptors (Lipinski definition) is 2. The van der Waals surface area contributed by atoms with E-state index in [9.17, 15) is 9.18 Å². The normalized spacial score (nSPS) is 11.2. The van der Waals surface area contributed by atoms with Gasteiger partial charge in [-0.1, -0.05) is 51.1 Å². The van der Waals surface area contributed by atoms with E-state index in [4.69, 9.17) is 0 Å². The maximum Gasteiger partial charge on any atom is 0.221 e. The van der Waals surface area contributed by atoms with E-state index in [1.54, 1.807) is 12.1 Å². The van der Waals surface area contributed by atoms with Crippen molar-refractivity contribution in [2.45, 2.75) is 39.0 Å². The van der Waals surface area contributed by atoms with Gasteiger partial charge >= 0.3 is 0 Å². The lowest BCUT2D eigenvalue weighted by Crippen LogP contribution is -2.27. The molecule has 0 radical (unpaired) electrons. The molecule has 0 spiro atoms. The zero-order valence-electron chi connectivity index (χ0n) is 15.2. The van der Waals surface area contributed by atoms with Crippen LogP contribution in [0.3, 0.4) is 0 Å². The number of carbonyl (C=O) groups is 1. The summed E-state index contributed by atoms with van der Waals surface area (Å²) in [7, 11) is 0. The summed E-state index contributed by atoms with van der Waals surface area (Å²) in [4.78, 5) is 11.9. The third-order valence-corrected chi connectivity index (χ3v) is 4.05. The summed E-state index contributed by atoms with van der Waals surface area (Å²) in [6, 6.07) is 14.6. The van der Waals surface area contributed by atoms with E-state index in [0.717, 1.165) is 11.3 Å². The molecule has 0 aromatic heterocycles. The number of hydrogen-bond donors (Lipinski definition) is 2. The van der Waals surface area contributed by atoms with E-state index < -0.39 is 0 Å². The number of halogens is 1. The molecule has 0 atom stereocenters. The molecule has 1 amide bonds. The van der Waals surface area contributed by atoms with Crippen LogP contribution in [0.1, 0.15) is 38.3 Å². The Labute approximate surface area is 149 Å². The highest BCUT2D eigenvalue weighted by atomic mass is 19.1. The Bertz CT molecular complexity index is 690. The van der Waals surface area contributed by atoms with Gasteiger partial charge in [0.15, 0.2) is 0 Å². The highest BCUT2D eigenvalue weighted by molar-refractivity contribution is 5.76. The predicted molar refractivity (Wildman–Crippen MR) is 101 cm³/mol. The second kappa shape index (κ2) is 8.65.